The van der Waals surface area contributed by atoms with Gasteiger partial charge in [0.25, 0.3) is 0 Å². The molecule has 0 aliphatic heterocycles. The number of rotatable bonds is 7. The largest absolute Gasteiger partial charge is 0.492 e. The van der Waals surface area contributed by atoms with Crippen molar-refractivity contribution in [1.29, 1.82) is 0 Å². The van der Waals surface area contributed by atoms with Crippen LogP contribution in [0.25, 0.3) is 0 Å². The Kier molecular flexibility index (Phi) is 6.27. The number of nitrogens with zero attached hydrogens (tertiary/aromatic N) is 1. The first kappa shape index (κ1) is 16.3. The molecule has 110 valence electrons. The monoisotopic (exact) mass is 299 g/mol. The van der Waals surface area contributed by atoms with Crippen LogP contribution in [0.15, 0.2) is 24.3 Å². The lowest BCUT2D eigenvalue weighted by Crippen LogP contribution is -2.45. The van der Waals surface area contributed by atoms with Gasteiger partial charge in [-0.15, -0.1) is 0 Å². The molecule has 0 radical (unpaired) electrons. The number of benzene rings is 1. The summed E-state index contributed by atoms with van der Waals surface area (Å²) >= 11 is 5.75. The highest BCUT2D eigenvalue weighted by molar-refractivity contribution is 6.30. The minimum absolute atomic E-state index is 0.165. The van der Waals surface area contributed by atoms with Gasteiger partial charge in [-0.05, 0) is 24.3 Å². The first-order valence-corrected chi connectivity index (χ1v) is 6.45. The van der Waals surface area contributed by atoms with Gasteiger partial charge in [-0.2, -0.15) is 0 Å². The fraction of sp³-hybridized carbons (Fsp3) is 0.385. The number of ether oxygens (including phenoxy) is 1. The first-order valence-electron chi connectivity index (χ1n) is 6.07. The smallest absolute Gasteiger partial charge is 0.239 e. The normalized spacial score (nSPS) is 11.8. The molecule has 0 fully saturated rings. The van der Waals surface area contributed by atoms with Crippen LogP contribution in [0.4, 0.5) is 0 Å². The maximum atomic E-state index is 11.8. The van der Waals surface area contributed by atoms with Crippen molar-refractivity contribution >= 4 is 23.4 Å². The Bertz CT molecular complexity index is 464. The molecule has 0 saturated carbocycles. The minimum Gasteiger partial charge on any atom is -0.492 e. The molecule has 1 rings (SSSR count). The highest BCUT2D eigenvalue weighted by Gasteiger charge is 2.19. The average molecular weight is 300 g/mol. The lowest BCUT2D eigenvalue weighted by molar-refractivity contribution is -0.133. The predicted octanol–water partition coefficient (Wildman–Crippen LogP) is 0.380. The molecule has 1 aromatic rings. The minimum atomic E-state index is -0.909. The third-order valence-corrected chi connectivity index (χ3v) is 2.88. The van der Waals surface area contributed by atoms with E-state index in [0.29, 0.717) is 23.9 Å². The van der Waals surface area contributed by atoms with Gasteiger partial charge in [-0.3, -0.25) is 9.59 Å². The summed E-state index contributed by atoms with van der Waals surface area (Å²) in [4.78, 5) is 23.9. The van der Waals surface area contributed by atoms with Crippen molar-refractivity contribution in [2.45, 2.75) is 12.5 Å². The standard InChI is InChI=1S/C13H18ClN3O3/c1-17(13(19)11(15)8-12(16)18)6-7-20-10-4-2-9(14)3-5-10/h2-5,11H,6-8,15H2,1H3,(H2,16,18). The Balaban J connectivity index is 2.35. The molecule has 1 aromatic carbocycles. The summed E-state index contributed by atoms with van der Waals surface area (Å²) in [6, 6.07) is 6.00. The van der Waals surface area contributed by atoms with Crippen LogP contribution >= 0.6 is 11.6 Å². The van der Waals surface area contributed by atoms with Crippen LogP contribution in [0.2, 0.25) is 5.02 Å². The molecule has 1 unspecified atom stereocenters. The first-order chi connectivity index (χ1) is 9.40. The molecular formula is C13H18ClN3O3. The molecule has 6 nitrogen and oxygen atoms in total. The predicted molar refractivity (Wildman–Crippen MR) is 76.4 cm³/mol. The third-order valence-electron chi connectivity index (χ3n) is 2.62. The fourth-order valence-corrected chi connectivity index (χ4v) is 1.65. The van der Waals surface area contributed by atoms with Gasteiger partial charge in [-0.1, -0.05) is 11.6 Å². The number of hydrogen-bond acceptors (Lipinski definition) is 4. The molecule has 0 saturated heterocycles. The second-order valence-corrected chi connectivity index (χ2v) is 4.78. The van der Waals surface area contributed by atoms with Crippen LogP contribution in [-0.2, 0) is 9.59 Å². The van der Waals surface area contributed by atoms with Gasteiger partial charge in [0.2, 0.25) is 11.8 Å². The lowest BCUT2D eigenvalue weighted by Gasteiger charge is -2.20. The van der Waals surface area contributed by atoms with E-state index in [0.717, 1.165) is 0 Å². The summed E-state index contributed by atoms with van der Waals surface area (Å²) in [7, 11) is 1.59. The lowest BCUT2D eigenvalue weighted by atomic mass is 10.2. The third kappa shape index (κ3) is 5.46. The summed E-state index contributed by atoms with van der Waals surface area (Å²) in [5.74, 6) is -0.281. The molecule has 2 amide bonds. The van der Waals surface area contributed by atoms with E-state index in [4.69, 9.17) is 27.8 Å². The number of carbonyl (C=O) groups excluding carboxylic acids is 2. The maximum absolute atomic E-state index is 11.8. The zero-order valence-corrected chi connectivity index (χ0v) is 12.0. The molecule has 0 aliphatic carbocycles. The van der Waals surface area contributed by atoms with Crippen LogP contribution in [0.5, 0.6) is 5.75 Å². The second-order valence-electron chi connectivity index (χ2n) is 4.34. The number of primary amides is 1. The number of likely N-dealkylation sites (N-methyl/N-ethyl adjacent to an activating group) is 1. The van der Waals surface area contributed by atoms with Gasteiger partial charge in [0, 0.05) is 12.1 Å². The zero-order valence-electron chi connectivity index (χ0n) is 11.2. The van der Waals surface area contributed by atoms with Crippen LogP contribution < -0.4 is 16.2 Å². The van der Waals surface area contributed by atoms with E-state index in [-0.39, 0.29) is 12.3 Å². The molecule has 0 heterocycles. The van der Waals surface area contributed by atoms with E-state index in [2.05, 4.69) is 0 Å². The van der Waals surface area contributed by atoms with Gasteiger partial charge < -0.3 is 21.1 Å². The Hall–Kier alpha value is -1.79. The Morgan fingerprint density at radius 1 is 1.35 bits per heavy atom. The SMILES string of the molecule is CN(CCOc1ccc(Cl)cc1)C(=O)C(N)CC(N)=O. The number of carbonyl (C=O) groups is 2. The molecule has 0 aliphatic rings. The molecule has 0 spiro atoms. The van der Waals surface area contributed by atoms with Gasteiger partial charge in [0.1, 0.15) is 12.4 Å². The van der Waals surface area contributed by atoms with Crippen molar-refractivity contribution in [3.63, 3.8) is 0 Å². The molecule has 7 heteroatoms. The van der Waals surface area contributed by atoms with Gasteiger partial charge in [-0.25, -0.2) is 0 Å². The highest BCUT2D eigenvalue weighted by Crippen LogP contribution is 2.15. The molecule has 4 N–H and O–H groups in total. The number of hydrogen-bond donors (Lipinski definition) is 2. The van der Waals surface area contributed by atoms with E-state index in [9.17, 15) is 9.59 Å². The molecule has 20 heavy (non-hydrogen) atoms. The number of nitrogens with two attached hydrogens (primary N) is 2. The second kappa shape index (κ2) is 7.72. The summed E-state index contributed by atoms with van der Waals surface area (Å²) < 4.78 is 5.46. The van der Waals surface area contributed by atoms with Crippen LogP contribution in [-0.4, -0.2) is 43.0 Å². The van der Waals surface area contributed by atoms with E-state index in [1.165, 1.54) is 4.90 Å². The fourth-order valence-electron chi connectivity index (χ4n) is 1.53. The van der Waals surface area contributed by atoms with Gasteiger partial charge in [0.15, 0.2) is 0 Å². The van der Waals surface area contributed by atoms with Crippen LogP contribution in [0.3, 0.4) is 0 Å². The van der Waals surface area contributed by atoms with E-state index in [1.807, 2.05) is 0 Å². The van der Waals surface area contributed by atoms with Gasteiger partial charge >= 0.3 is 0 Å². The highest BCUT2D eigenvalue weighted by atomic mass is 35.5. The van der Waals surface area contributed by atoms with Gasteiger partial charge in [0.05, 0.1) is 19.0 Å². The van der Waals surface area contributed by atoms with E-state index in [1.54, 1.807) is 31.3 Å². The van der Waals surface area contributed by atoms with Crippen molar-refractivity contribution in [3.8, 4) is 5.75 Å². The molecule has 0 bridgehead atoms. The quantitative estimate of drug-likeness (QED) is 0.760. The molecule has 0 aromatic heterocycles. The Labute approximate surface area is 122 Å². The topological polar surface area (TPSA) is 98.7 Å². The molecular weight excluding hydrogens is 282 g/mol. The van der Waals surface area contributed by atoms with Crippen molar-refractivity contribution in [2.24, 2.45) is 11.5 Å². The van der Waals surface area contributed by atoms with Crippen molar-refractivity contribution in [2.75, 3.05) is 20.2 Å². The van der Waals surface area contributed by atoms with Crippen LogP contribution in [0.1, 0.15) is 6.42 Å². The van der Waals surface area contributed by atoms with Crippen LogP contribution in [0, 0.1) is 0 Å². The zero-order chi connectivity index (χ0) is 15.1. The summed E-state index contributed by atoms with van der Waals surface area (Å²) in [5.41, 5.74) is 10.6. The maximum Gasteiger partial charge on any atom is 0.239 e. The summed E-state index contributed by atoms with van der Waals surface area (Å²) in [5, 5.41) is 0.627. The Morgan fingerprint density at radius 2 is 1.95 bits per heavy atom. The summed E-state index contributed by atoms with van der Waals surface area (Å²) in [6.07, 6.45) is -0.165. The van der Waals surface area contributed by atoms with E-state index < -0.39 is 11.9 Å². The Morgan fingerprint density at radius 3 is 2.50 bits per heavy atom. The van der Waals surface area contributed by atoms with E-state index >= 15 is 0 Å². The summed E-state index contributed by atoms with van der Waals surface area (Å²) in [6.45, 7) is 0.668. The average Bonchev–Trinajstić information content (AvgIpc) is 2.39. The number of amides is 2. The van der Waals surface area contributed by atoms with Crippen molar-refractivity contribution in [3.05, 3.63) is 29.3 Å². The van der Waals surface area contributed by atoms with Crippen molar-refractivity contribution < 1.29 is 14.3 Å². The molecule has 1 atom stereocenters. The van der Waals surface area contributed by atoms with Crippen molar-refractivity contribution in [1.82, 2.24) is 4.90 Å². The number of halogens is 1.